The Morgan fingerprint density at radius 3 is 3.11 bits per heavy atom. The number of nitrogens with zero attached hydrogens (tertiary/aromatic N) is 1. The van der Waals surface area contributed by atoms with E-state index in [1.165, 1.54) is 25.5 Å². The van der Waals surface area contributed by atoms with E-state index in [-0.39, 0.29) is 5.82 Å². The van der Waals surface area contributed by atoms with Crippen LogP contribution in [0.3, 0.4) is 0 Å². The third-order valence-corrected chi connectivity index (χ3v) is 3.84. The maximum Gasteiger partial charge on any atom is 0.127 e. The molecule has 1 saturated heterocycles. The summed E-state index contributed by atoms with van der Waals surface area (Å²) >= 11 is 5.87. The second kappa shape index (κ2) is 6.50. The number of likely N-dealkylation sites (tertiary alicyclic amines) is 1. The second-order valence-corrected chi connectivity index (χ2v) is 5.23. The summed E-state index contributed by atoms with van der Waals surface area (Å²) in [5, 5.41) is 3.92. The monoisotopic (exact) mass is 270 g/mol. The lowest BCUT2D eigenvalue weighted by atomic mass is 10.2. The number of nitrogens with one attached hydrogen (secondary N) is 1. The van der Waals surface area contributed by atoms with Gasteiger partial charge in [-0.3, -0.25) is 4.90 Å². The van der Waals surface area contributed by atoms with Crippen molar-refractivity contribution in [2.24, 2.45) is 0 Å². The van der Waals surface area contributed by atoms with Crippen molar-refractivity contribution in [3.63, 3.8) is 0 Å². The molecule has 4 heteroatoms. The number of halogens is 2. The van der Waals surface area contributed by atoms with Crippen molar-refractivity contribution >= 4 is 11.6 Å². The van der Waals surface area contributed by atoms with E-state index >= 15 is 0 Å². The van der Waals surface area contributed by atoms with Gasteiger partial charge in [0.25, 0.3) is 0 Å². The smallest absolute Gasteiger partial charge is 0.127 e. The number of likely N-dealkylation sites (N-methyl/N-ethyl adjacent to an activating group) is 1. The first kappa shape index (κ1) is 13.8. The fraction of sp³-hybridized carbons (Fsp3) is 0.571. The summed E-state index contributed by atoms with van der Waals surface area (Å²) in [6.45, 7) is 5.93. The standard InChI is InChI=1S/C14H20ClFN2/c1-2-18-7-3-4-13(18)10-17-9-11-8-12(15)5-6-14(11)16/h5-6,8,13,17H,2-4,7,9-10H2,1H3. The molecule has 1 aliphatic heterocycles. The lowest BCUT2D eigenvalue weighted by molar-refractivity contribution is 0.259. The molecule has 2 nitrogen and oxygen atoms in total. The van der Waals surface area contributed by atoms with Crippen LogP contribution in [0.1, 0.15) is 25.3 Å². The van der Waals surface area contributed by atoms with Crippen LogP contribution in [0, 0.1) is 5.82 Å². The second-order valence-electron chi connectivity index (χ2n) is 4.79. The minimum absolute atomic E-state index is 0.189. The van der Waals surface area contributed by atoms with Gasteiger partial charge in [0, 0.05) is 29.7 Å². The van der Waals surface area contributed by atoms with Crippen LogP contribution in [0.5, 0.6) is 0 Å². The van der Waals surface area contributed by atoms with E-state index in [0.717, 1.165) is 13.1 Å². The number of hydrogen-bond acceptors (Lipinski definition) is 2. The first-order valence-electron chi connectivity index (χ1n) is 6.59. The highest BCUT2D eigenvalue weighted by Crippen LogP contribution is 2.17. The molecule has 1 aliphatic rings. The van der Waals surface area contributed by atoms with Crippen LogP contribution in [0.2, 0.25) is 5.02 Å². The summed E-state index contributed by atoms with van der Waals surface area (Å²) in [5.74, 6) is -0.189. The summed E-state index contributed by atoms with van der Waals surface area (Å²) in [5.41, 5.74) is 0.642. The molecule has 2 rings (SSSR count). The number of rotatable bonds is 5. The molecule has 1 fully saturated rings. The maximum atomic E-state index is 13.5. The highest BCUT2D eigenvalue weighted by atomic mass is 35.5. The molecule has 1 heterocycles. The Labute approximate surface area is 113 Å². The summed E-state index contributed by atoms with van der Waals surface area (Å²) in [6, 6.07) is 5.29. The Balaban J connectivity index is 1.83. The molecule has 18 heavy (non-hydrogen) atoms. The van der Waals surface area contributed by atoms with Gasteiger partial charge in [0.2, 0.25) is 0 Å². The zero-order chi connectivity index (χ0) is 13.0. The lowest BCUT2D eigenvalue weighted by Gasteiger charge is -2.23. The third-order valence-electron chi connectivity index (χ3n) is 3.61. The van der Waals surface area contributed by atoms with Gasteiger partial charge < -0.3 is 5.32 Å². The van der Waals surface area contributed by atoms with Gasteiger partial charge in [0.05, 0.1) is 0 Å². The molecule has 0 spiro atoms. The molecule has 1 N–H and O–H groups in total. The van der Waals surface area contributed by atoms with Crippen LogP contribution < -0.4 is 5.32 Å². The zero-order valence-corrected chi connectivity index (χ0v) is 11.5. The Hall–Kier alpha value is -0.640. The molecule has 0 radical (unpaired) electrons. The van der Waals surface area contributed by atoms with E-state index in [2.05, 4.69) is 17.1 Å². The van der Waals surface area contributed by atoms with Gasteiger partial charge in [-0.05, 0) is 44.1 Å². The van der Waals surface area contributed by atoms with E-state index in [4.69, 9.17) is 11.6 Å². The first-order chi connectivity index (χ1) is 8.70. The number of benzene rings is 1. The molecule has 1 unspecified atom stereocenters. The zero-order valence-electron chi connectivity index (χ0n) is 10.8. The van der Waals surface area contributed by atoms with Crippen molar-refractivity contribution < 1.29 is 4.39 Å². The van der Waals surface area contributed by atoms with Crippen LogP contribution in [0.25, 0.3) is 0 Å². The van der Waals surface area contributed by atoms with Crippen LogP contribution in [0.15, 0.2) is 18.2 Å². The predicted octanol–water partition coefficient (Wildman–Crippen LogP) is 3.05. The van der Waals surface area contributed by atoms with Gasteiger partial charge in [0.1, 0.15) is 5.82 Å². The number of hydrogen-bond donors (Lipinski definition) is 1. The fourth-order valence-corrected chi connectivity index (χ4v) is 2.79. The van der Waals surface area contributed by atoms with Gasteiger partial charge in [0.15, 0.2) is 0 Å². The molecular formula is C14H20ClFN2. The van der Waals surface area contributed by atoms with Crippen molar-refractivity contribution in [3.8, 4) is 0 Å². The predicted molar refractivity (Wildman–Crippen MR) is 73.4 cm³/mol. The molecule has 1 atom stereocenters. The molecule has 0 amide bonds. The Bertz CT molecular complexity index is 397. The molecule has 0 aromatic heterocycles. The van der Waals surface area contributed by atoms with Crippen molar-refractivity contribution in [2.45, 2.75) is 32.4 Å². The van der Waals surface area contributed by atoms with Crippen LogP contribution in [-0.4, -0.2) is 30.6 Å². The average Bonchev–Trinajstić information content (AvgIpc) is 2.81. The minimum atomic E-state index is -0.189. The summed E-state index contributed by atoms with van der Waals surface area (Å²) in [7, 11) is 0. The van der Waals surface area contributed by atoms with Crippen molar-refractivity contribution in [1.82, 2.24) is 10.2 Å². The van der Waals surface area contributed by atoms with E-state index in [1.54, 1.807) is 12.1 Å². The fourth-order valence-electron chi connectivity index (χ4n) is 2.59. The Morgan fingerprint density at radius 1 is 1.50 bits per heavy atom. The Morgan fingerprint density at radius 2 is 2.33 bits per heavy atom. The quantitative estimate of drug-likeness (QED) is 0.885. The molecule has 0 bridgehead atoms. The van der Waals surface area contributed by atoms with Gasteiger partial charge >= 0.3 is 0 Å². The van der Waals surface area contributed by atoms with Crippen LogP contribution >= 0.6 is 11.6 Å². The summed E-state index contributed by atoms with van der Waals surface area (Å²) in [6.07, 6.45) is 2.50. The first-order valence-corrected chi connectivity index (χ1v) is 6.97. The van der Waals surface area contributed by atoms with Crippen LogP contribution in [-0.2, 0) is 6.54 Å². The van der Waals surface area contributed by atoms with Gasteiger partial charge in [-0.2, -0.15) is 0 Å². The van der Waals surface area contributed by atoms with E-state index in [1.807, 2.05) is 0 Å². The van der Waals surface area contributed by atoms with E-state index < -0.39 is 0 Å². The van der Waals surface area contributed by atoms with Gasteiger partial charge in [-0.1, -0.05) is 18.5 Å². The highest BCUT2D eigenvalue weighted by molar-refractivity contribution is 6.30. The summed E-state index contributed by atoms with van der Waals surface area (Å²) < 4.78 is 13.5. The van der Waals surface area contributed by atoms with Crippen molar-refractivity contribution in [2.75, 3.05) is 19.6 Å². The average molecular weight is 271 g/mol. The highest BCUT2D eigenvalue weighted by Gasteiger charge is 2.22. The van der Waals surface area contributed by atoms with Crippen molar-refractivity contribution in [1.29, 1.82) is 0 Å². The van der Waals surface area contributed by atoms with Gasteiger partial charge in [-0.25, -0.2) is 4.39 Å². The van der Waals surface area contributed by atoms with Crippen molar-refractivity contribution in [3.05, 3.63) is 34.6 Å². The molecular weight excluding hydrogens is 251 g/mol. The Kier molecular flexibility index (Phi) is 4.98. The van der Waals surface area contributed by atoms with E-state index in [9.17, 15) is 4.39 Å². The molecule has 0 aliphatic carbocycles. The summed E-state index contributed by atoms with van der Waals surface area (Å²) in [4.78, 5) is 2.47. The minimum Gasteiger partial charge on any atom is -0.311 e. The lowest BCUT2D eigenvalue weighted by Crippen LogP contribution is -2.37. The molecule has 1 aromatic rings. The van der Waals surface area contributed by atoms with Gasteiger partial charge in [-0.15, -0.1) is 0 Å². The third kappa shape index (κ3) is 3.44. The molecule has 1 aromatic carbocycles. The molecule has 100 valence electrons. The molecule has 0 saturated carbocycles. The normalized spacial score (nSPS) is 20.5. The SMILES string of the molecule is CCN1CCCC1CNCc1cc(Cl)ccc1F. The van der Waals surface area contributed by atoms with Crippen LogP contribution in [0.4, 0.5) is 4.39 Å². The van der Waals surface area contributed by atoms with E-state index in [0.29, 0.717) is 23.2 Å². The largest absolute Gasteiger partial charge is 0.311 e. The maximum absolute atomic E-state index is 13.5. The topological polar surface area (TPSA) is 15.3 Å².